The highest BCUT2D eigenvalue weighted by atomic mass is 35.5. The van der Waals surface area contributed by atoms with Crippen molar-refractivity contribution in [2.24, 2.45) is 0 Å². The molecule has 0 N–H and O–H groups in total. The van der Waals surface area contributed by atoms with Gasteiger partial charge in [0, 0.05) is 30.6 Å². The van der Waals surface area contributed by atoms with Gasteiger partial charge in [-0.2, -0.15) is 0 Å². The van der Waals surface area contributed by atoms with Crippen molar-refractivity contribution in [1.82, 2.24) is 9.47 Å². The minimum Gasteiger partial charge on any atom is -0.291 e. The fraction of sp³-hybridized carbons (Fsp3) is 0.389. The molecule has 2 aromatic rings. The van der Waals surface area contributed by atoms with Crippen LogP contribution in [0, 0.1) is 0 Å². The molecule has 1 aromatic heterocycles. The summed E-state index contributed by atoms with van der Waals surface area (Å²) < 4.78 is 2.00. The molecule has 3 heterocycles. The first kappa shape index (κ1) is 15.3. The molecule has 1 unspecified atom stereocenters. The molecule has 22 heavy (non-hydrogen) atoms. The van der Waals surface area contributed by atoms with E-state index in [1.165, 1.54) is 16.6 Å². The Bertz CT molecular complexity index is 747. The number of rotatable bonds is 2. The summed E-state index contributed by atoms with van der Waals surface area (Å²) in [7, 11) is 0. The zero-order valence-corrected chi connectivity index (χ0v) is 13.6. The van der Waals surface area contributed by atoms with E-state index in [0.717, 1.165) is 31.4 Å². The Morgan fingerprint density at radius 3 is 2.91 bits per heavy atom. The Labute approximate surface area is 137 Å². The Balaban J connectivity index is 0.00000144. The topological polar surface area (TPSA) is 25.2 Å². The van der Waals surface area contributed by atoms with E-state index in [1.807, 2.05) is 10.6 Å². The van der Waals surface area contributed by atoms with Gasteiger partial charge in [0.25, 0.3) is 0 Å². The Morgan fingerprint density at radius 1 is 1.27 bits per heavy atom. The van der Waals surface area contributed by atoms with Gasteiger partial charge in [0.1, 0.15) is 0 Å². The second kappa shape index (κ2) is 5.90. The van der Waals surface area contributed by atoms with Crippen LogP contribution >= 0.6 is 12.4 Å². The highest BCUT2D eigenvalue weighted by Gasteiger charge is 2.37. The molecule has 2 aliphatic rings. The predicted octanol–water partition coefficient (Wildman–Crippen LogP) is 3.97. The number of para-hydroxylation sites is 1. The fourth-order valence-corrected chi connectivity index (χ4v) is 3.94. The zero-order chi connectivity index (χ0) is 14.4. The summed E-state index contributed by atoms with van der Waals surface area (Å²) in [6.07, 6.45) is 6.99. The van der Waals surface area contributed by atoms with Crippen LogP contribution in [0.1, 0.15) is 41.9 Å². The summed E-state index contributed by atoms with van der Waals surface area (Å²) >= 11 is 0. The van der Waals surface area contributed by atoms with Gasteiger partial charge >= 0.3 is 0 Å². The van der Waals surface area contributed by atoms with Crippen molar-refractivity contribution >= 4 is 29.2 Å². The molecule has 4 heteroatoms. The first-order valence-corrected chi connectivity index (χ1v) is 7.82. The van der Waals surface area contributed by atoms with Gasteiger partial charge in [-0.1, -0.05) is 30.4 Å². The monoisotopic (exact) mass is 316 g/mol. The van der Waals surface area contributed by atoms with Gasteiger partial charge in [-0.25, -0.2) is 0 Å². The average Bonchev–Trinajstić information content (AvgIpc) is 2.86. The van der Waals surface area contributed by atoms with Gasteiger partial charge in [-0.15, -0.1) is 12.4 Å². The van der Waals surface area contributed by atoms with Crippen LogP contribution in [-0.4, -0.2) is 28.5 Å². The lowest BCUT2D eigenvalue weighted by Crippen LogP contribution is -2.40. The van der Waals surface area contributed by atoms with Crippen molar-refractivity contribution in [2.45, 2.75) is 32.2 Å². The number of carbonyl (C=O) groups excluding carboxylic acids is 1. The number of nitrogens with zero attached hydrogens (tertiary/aromatic N) is 2. The van der Waals surface area contributed by atoms with Crippen LogP contribution in [0.5, 0.6) is 0 Å². The minimum absolute atomic E-state index is 0. The molecule has 3 nitrogen and oxygen atoms in total. The van der Waals surface area contributed by atoms with Crippen molar-refractivity contribution in [2.75, 3.05) is 13.1 Å². The fourth-order valence-electron chi connectivity index (χ4n) is 3.94. The van der Waals surface area contributed by atoms with Gasteiger partial charge in [0.15, 0.2) is 0 Å². The molecule has 0 fully saturated rings. The van der Waals surface area contributed by atoms with Crippen molar-refractivity contribution in [3.05, 3.63) is 47.7 Å². The molecule has 0 spiro atoms. The molecule has 0 saturated heterocycles. The largest absolute Gasteiger partial charge is 0.291 e. The second-order valence-corrected chi connectivity index (χ2v) is 5.98. The van der Waals surface area contributed by atoms with Crippen LogP contribution in [0.15, 0.2) is 36.4 Å². The second-order valence-electron chi connectivity index (χ2n) is 5.98. The Kier molecular flexibility index (Phi) is 4.11. The summed E-state index contributed by atoms with van der Waals surface area (Å²) in [5.41, 5.74) is 3.77. The number of fused-ring (bicyclic) bond motifs is 3. The zero-order valence-electron chi connectivity index (χ0n) is 12.8. The lowest BCUT2D eigenvalue weighted by molar-refractivity contribution is 0.0822. The lowest BCUT2D eigenvalue weighted by atomic mass is 9.92. The van der Waals surface area contributed by atoms with Crippen LogP contribution < -0.4 is 0 Å². The first-order valence-electron chi connectivity index (χ1n) is 7.82. The van der Waals surface area contributed by atoms with E-state index in [0.29, 0.717) is 12.5 Å². The average molecular weight is 317 g/mol. The maximum atomic E-state index is 12.4. The number of carbonyl (C=O) groups is 1. The molecule has 1 aromatic carbocycles. The van der Waals surface area contributed by atoms with Crippen molar-refractivity contribution < 1.29 is 4.79 Å². The number of allylic oxidation sites excluding steroid dienone is 1. The highest BCUT2D eigenvalue weighted by molar-refractivity contribution is 5.97. The normalized spacial score (nSPS) is 21.1. The van der Waals surface area contributed by atoms with Gasteiger partial charge in [0.2, 0.25) is 5.91 Å². The summed E-state index contributed by atoms with van der Waals surface area (Å²) in [4.78, 5) is 15.0. The summed E-state index contributed by atoms with van der Waals surface area (Å²) in [5, 5.41) is 1.28. The standard InChI is InChI=1S/C18H20N2O.ClH/c1-2-3-11-19-12-10-14-13-6-4-5-7-15(13)20-17(21)9-8-16(19)18(14)20;/h2-7,16H,8-12H2,1H3;1H/b3-2+;. The molecule has 1 atom stereocenters. The van der Waals surface area contributed by atoms with Crippen molar-refractivity contribution in [3.8, 4) is 0 Å². The van der Waals surface area contributed by atoms with E-state index < -0.39 is 0 Å². The summed E-state index contributed by atoms with van der Waals surface area (Å²) in [6.45, 7) is 4.14. The molecule has 0 radical (unpaired) electrons. The third-order valence-corrected chi connectivity index (χ3v) is 4.88. The SMILES string of the molecule is C/C=C/CN1CCc2c3n(c4ccccc24)C(=O)CCC31.Cl. The van der Waals surface area contributed by atoms with Crippen molar-refractivity contribution in [3.63, 3.8) is 0 Å². The predicted molar refractivity (Wildman–Crippen MR) is 91.9 cm³/mol. The maximum absolute atomic E-state index is 12.4. The molecular weight excluding hydrogens is 296 g/mol. The van der Waals surface area contributed by atoms with E-state index in [9.17, 15) is 4.79 Å². The third-order valence-electron chi connectivity index (χ3n) is 4.88. The van der Waals surface area contributed by atoms with E-state index in [4.69, 9.17) is 0 Å². The van der Waals surface area contributed by atoms with Gasteiger partial charge in [0.05, 0.1) is 11.6 Å². The molecule has 116 valence electrons. The molecule has 4 rings (SSSR count). The van der Waals surface area contributed by atoms with Crippen LogP contribution in [-0.2, 0) is 6.42 Å². The van der Waals surface area contributed by atoms with E-state index in [-0.39, 0.29) is 18.3 Å². The quantitative estimate of drug-likeness (QED) is 0.783. The Morgan fingerprint density at radius 2 is 2.09 bits per heavy atom. The van der Waals surface area contributed by atoms with Crippen LogP contribution in [0.3, 0.4) is 0 Å². The summed E-state index contributed by atoms with van der Waals surface area (Å²) in [5.74, 6) is 0.261. The lowest BCUT2D eigenvalue weighted by Gasteiger charge is -2.38. The smallest absolute Gasteiger partial charge is 0.231 e. The van der Waals surface area contributed by atoms with Crippen molar-refractivity contribution in [1.29, 1.82) is 0 Å². The number of benzene rings is 1. The van der Waals surface area contributed by atoms with Crippen LogP contribution in [0.4, 0.5) is 0 Å². The molecule has 0 aliphatic carbocycles. The number of halogens is 1. The number of aromatic nitrogens is 1. The first-order chi connectivity index (χ1) is 10.3. The summed E-state index contributed by atoms with van der Waals surface area (Å²) in [6, 6.07) is 8.77. The number of hydrogen-bond acceptors (Lipinski definition) is 2. The van der Waals surface area contributed by atoms with E-state index in [1.54, 1.807) is 0 Å². The molecular formula is C18H21ClN2O. The minimum atomic E-state index is 0. The van der Waals surface area contributed by atoms with Gasteiger partial charge in [-0.05, 0) is 31.4 Å². The van der Waals surface area contributed by atoms with E-state index >= 15 is 0 Å². The molecule has 2 aliphatic heterocycles. The van der Waals surface area contributed by atoms with E-state index in [2.05, 4.69) is 42.2 Å². The van der Waals surface area contributed by atoms with Gasteiger partial charge < -0.3 is 0 Å². The van der Waals surface area contributed by atoms with Gasteiger partial charge in [-0.3, -0.25) is 14.3 Å². The van der Waals surface area contributed by atoms with Crippen LogP contribution in [0.2, 0.25) is 0 Å². The molecule has 0 bridgehead atoms. The highest BCUT2D eigenvalue weighted by Crippen LogP contribution is 2.41. The third kappa shape index (κ3) is 2.11. The molecule has 0 amide bonds. The molecule has 0 saturated carbocycles. The van der Waals surface area contributed by atoms with Crippen LogP contribution in [0.25, 0.3) is 10.9 Å². The Hall–Kier alpha value is -1.58. The maximum Gasteiger partial charge on any atom is 0.231 e. The number of hydrogen-bond donors (Lipinski definition) is 0.